The first kappa shape index (κ1) is 10.5. The first-order chi connectivity index (χ1) is 7.65. The normalized spacial score (nSPS) is 10.6. The molecule has 0 atom stereocenters. The number of ether oxygens (including phenoxy) is 1. The van der Waals surface area contributed by atoms with E-state index in [1.807, 2.05) is 0 Å². The second kappa shape index (κ2) is 3.84. The Morgan fingerprint density at radius 3 is 2.94 bits per heavy atom. The molecule has 0 radical (unpaired) electrons. The van der Waals surface area contributed by atoms with E-state index in [-0.39, 0.29) is 5.56 Å². The van der Waals surface area contributed by atoms with Gasteiger partial charge in [0.05, 0.1) is 12.2 Å². The van der Waals surface area contributed by atoms with Crippen molar-refractivity contribution in [2.24, 2.45) is 0 Å². The van der Waals surface area contributed by atoms with E-state index in [4.69, 9.17) is 4.74 Å². The summed E-state index contributed by atoms with van der Waals surface area (Å²) in [4.78, 5) is 25.7. The molecule has 0 unspecified atom stereocenters. The number of nitrogens with one attached hydrogen (secondary N) is 1. The molecule has 2 aromatic rings. The molecule has 2 heterocycles. The quantitative estimate of drug-likeness (QED) is 0.771. The molecule has 2 aromatic heterocycles. The fraction of sp³-hybridized carbons (Fsp3) is 0.273. The third-order valence-electron chi connectivity index (χ3n) is 2.45. The Kier molecular flexibility index (Phi) is 2.52. The second-order valence-corrected chi connectivity index (χ2v) is 3.43. The number of H-pyrrole nitrogens is 1. The van der Waals surface area contributed by atoms with Crippen LogP contribution in [0.1, 0.15) is 22.8 Å². The van der Waals surface area contributed by atoms with E-state index in [2.05, 4.69) is 4.98 Å². The Morgan fingerprint density at radius 1 is 1.56 bits per heavy atom. The average molecular weight is 220 g/mol. The summed E-state index contributed by atoms with van der Waals surface area (Å²) in [5, 5.41) is 0. The second-order valence-electron chi connectivity index (χ2n) is 3.43. The van der Waals surface area contributed by atoms with Crippen LogP contribution < -0.4 is 5.56 Å². The van der Waals surface area contributed by atoms with Gasteiger partial charge in [-0.05, 0) is 19.4 Å². The molecule has 0 bridgehead atoms. The van der Waals surface area contributed by atoms with Crippen LogP contribution in [0.15, 0.2) is 23.4 Å². The SMILES string of the molecule is CCOC(=O)c1cn2cc[nH]c(=O)c2c1C. The lowest BCUT2D eigenvalue weighted by Gasteiger charge is -1.98. The van der Waals surface area contributed by atoms with Crippen molar-refractivity contribution in [2.45, 2.75) is 13.8 Å². The number of aromatic nitrogens is 2. The summed E-state index contributed by atoms with van der Waals surface area (Å²) in [6.07, 6.45) is 4.83. The summed E-state index contributed by atoms with van der Waals surface area (Å²) in [5.74, 6) is -0.400. The van der Waals surface area contributed by atoms with Crippen LogP contribution in [0.2, 0.25) is 0 Å². The lowest BCUT2D eigenvalue weighted by Crippen LogP contribution is -2.08. The Morgan fingerprint density at radius 2 is 2.31 bits per heavy atom. The third kappa shape index (κ3) is 1.50. The van der Waals surface area contributed by atoms with Gasteiger partial charge in [0.25, 0.3) is 5.56 Å². The van der Waals surface area contributed by atoms with Crippen molar-refractivity contribution in [2.75, 3.05) is 6.61 Å². The van der Waals surface area contributed by atoms with E-state index < -0.39 is 5.97 Å². The van der Waals surface area contributed by atoms with Gasteiger partial charge in [-0.25, -0.2) is 4.79 Å². The van der Waals surface area contributed by atoms with Crippen molar-refractivity contribution in [1.29, 1.82) is 0 Å². The van der Waals surface area contributed by atoms with Crippen molar-refractivity contribution in [1.82, 2.24) is 9.38 Å². The number of nitrogens with zero attached hydrogens (tertiary/aromatic N) is 1. The van der Waals surface area contributed by atoms with Crippen LogP contribution in [0.3, 0.4) is 0 Å². The fourth-order valence-electron chi connectivity index (χ4n) is 1.70. The molecule has 0 aliphatic rings. The van der Waals surface area contributed by atoms with Gasteiger partial charge in [-0.3, -0.25) is 4.79 Å². The van der Waals surface area contributed by atoms with Crippen LogP contribution in [0.4, 0.5) is 0 Å². The summed E-state index contributed by atoms with van der Waals surface area (Å²) in [6, 6.07) is 0. The summed E-state index contributed by atoms with van der Waals surface area (Å²) in [6.45, 7) is 3.80. The van der Waals surface area contributed by atoms with Gasteiger partial charge in [0.1, 0.15) is 5.52 Å². The number of aryl methyl sites for hydroxylation is 1. The number of rotatable bonds is 2. The van der Waals surface area contributed by atoms with Crippen LogP contribution in [0.5, 0.6) is 0 Å². The van der Waals surface area contributed by atoms with E-state index >= 15 is 0 Å². The molecule has 0 fully saturated rings. The number of fused-ring (bicyclic) bond motifs is 1. The molecule has 0 aromatic carbocycles. The van der Waals surface area contributed by atoms with E-state index in [1.165, 1.54) is 6.20 Å². The van der Waals surface area contributed by atoms with E-state index in [9.17, 15) is 9.59 Å². The van der Waals surface area contributed by atoms with Gasteiger partial charge >= 0.3 is 5.97 Å². The Hall–Kier alpha value is -2.04. The van der Waals surface area contributed by atoms with Crippen molar-refractivity contribution in [3.05, 3.63) is 40.1 Å². The molecular weight excluding hydrogens is 208 g/mol. The van der Waals surface area contributed by atoms with Gasteiger partial charge in [0.15, 0.2) is 0 Å². The van der Waals surface area contributed by atoms with Gasteiger partial charge in [0.2, 0.25) is 0 Å². The van der Waals surface area contributed by atoms with Crippen LogP contribution in [0, 0.1) is 6.92 Å². The number of carbonyl (C=O) groups is 1. The minimum Gasteiger partial charge on any atom is -0.462 e. The van der Waals surface area contributed by atoms with Gasteiger partial charge in [-0.2, -0.15) is 0 Å². The van der Waals surface area contributed by atoms with Gasteiger partial charge in [-0.15, -0.1) is 0 Å². The van der Waals surface area contributed by atoms with Gasteiger partial charge in [0, 0.05) is 18.6 Å². The molecular formula is C11H12N2O3. The number of esters is 1. The van der Waals surface area contributed by atoms with Crippen molar-refractivity contribution < 1.29 is 9.53 Å². The molecule has 0 spiro atoms. The molecule has 0 saturated heterocycles. The van der Waals surface area contributed by atoms with Crippen LogP contribution in [0.25, 0.3) is 5.52 Å². The highest BCUT2D eigenvalue weighted by Gasteiger charge is 2.16. The van der Waals surface area contributed by atoms with Crippen LogP contribution in [-0.2, 0) is 4.74 Å². The van der Waals surface area contributed by atoms with Gasteiger partial charge < -0.3 is 14.1 Å². The highest BCUT2D eigenvalue weighted by atomic mass is 16.5. The molecule has 0 aliphatic heterocycles. The highest BCUT2D eigenvalue weighted by molar-refractivity contribution is 5.93. The smallest absolute Gasteiger partial charge is 0.339 e. The maximum atomic E-state index is 11.6. The minimum atomic E-state index is -0.400. The molecule has 0 saturated carbocycles. The van der Waals surface area contributed by atoms with Crippen LogP contribution in [-0.4, -0.2) is 22.0 Å². The first-order valence-electron chi connectivity index (χ1n) is 5.01. The predicted molar refractivity (Wildman–Crippen MR) is 58.7 cm³/mol. The topological polar surface area (TPSA) is 63.6 Å². The molecule has 16 heavy (non-hydrogen) atoms. The van der Waals surface area contributed by atoms with Crippen molar-refractivity contribution in [3.63, 3.8) is 0 Å². The largest absolute Gasteiger partial charge is 0.462 e. The summed E-state index contributed by atoms with van der Waals surface area (Å²) in [7, 11) is 0. The monoisotopic (exact) mass is 220 g/mol. The lowest BCUT2D eigenvalue weighted by molar-refractivity contribution is 0.0526. The summed E-state index contributed by atoms with van der Waals surface area (Å²) >= 11 is 0. The minimum absolute atomic E-state index is 0.212. The number of hydrogen-bond donors (Lipinski definition) is 1. The summed E-state index contributed by atoms with van der Waals surface area (Å²) in [5.41, 5.74) is 1.33. The zero-order chi connectivity index (χ0) is 11.7. The lowest BCUT2D eigenvalue weighted by atomic mass is 10.2. The number of hydrogen-bond acceptors (Lipinski definition) is 3. The highest BCUT2D eigenvalue weighted by Crippen LogP contribution is 2.15. The maximum Gasteiger partial charge on any atom is 0.339 e. The number of aromatic amines is 1. The van der Waals surface area contributed by atoms with Crippen LogP contribution >= 0.6 is 0 Å². The molecule has 5 nitrogen and oxygen atoms in total. The predicted octanol–water partition coefficient (Wildman–Crippen LogP) is 1.11. The van der Waals surface area contributed by atoms with Crippen molar-refractivity contribution >= 4 is 11.5 Å². The number of carbonyl (C=O) groups excluding carboxylic acids is 1. The first-order valence-corrected chi connectivity index (χ1v) is 5.01. The Bertz CT molecular complexity index is 595. The average Bonchev–Trinajstić information content (AvgIpc) is 2.58. The maximum absolute atomic E-state index is 11.6. The zero-order valence-corrected chi connectivity index (χ0v) is 9.11. The molecule has 0 amide bonds. The molecule has 0 aliphatic carbocycles. The zero-order valence-electron chi connectivity index (χ0n) is 9.11. The van der Waals surface area contributed by atoms with Gasteiger partial charge in [-0.1, -0.05) is 0 Å². The van der Waals surface area contributed by atoms with E-state index in [0.717, 1.165) is 0 Å². The Labute approximate surface area is 91.7 Å². The Balaban J connectivity index is 2.65. The molecule has 84 valence electrons. The van der Waals surface area contributed by atoms with Crippen molar-refractivity contribution in [3.8, 4) is 0 Å². The fourth-order valence-corrected chi connectivity index (χ4v) is 1.70. The summed E-state index contributed by atoms with van der Waals surface area (Å²) < 4.78 is 6.54. The standard InChI is InChI=1S/C11H12N2O3/c1-3-16-11(15)8-6-13-5-4-12-10(14)9(13)7(8)2/h4-6H,3H2,1-2H3,(H,12,14). The molecule has 2 rings (SSSR count). The molecule has 5 heteroatoms. The van der Waals surface area contributed by atoms with E-state index in [0.29, 0.717) is 23.3 Å². The van der Waals surface area contributed by atoms with E-state index in [1.54, 1.807) is 30.6 Å². The molecule has 1 N–H and O–H groups in total. The third-order valence-corrected chi connectivity index (χ3v) is 2.45.